The van der Waals surface area contributed by atoms with Crippen molar-refractivity contribution in [1.29, 1.82) is 5.26 Å². The number of carbonyl (C=O) groups is 1. The second kappa shape index (κ2) is 8.70. The summed E-state index contributed by atoms with van der Waals surface area (Å²) in [6.45, 7) is 0. The largest absolute Gasteiger partial charge is 0.382 e. The minimum absolute atomic E-state index is 0.0126. The first-order valence-corrected chi connectivity index (χ1v) is 13.1. The van der Waals surface area contributed by atoms with Crippen LogP contribution in [0.2, 0.25) is 0 Å². The summed E-state index contributed by atoms with van der Waals surface area (Å²) in [5.74, 6) is 0.365. The van der Waals surface area contributed by atoms with E-state index in [-0.39, 0.29) is 35.6 Å². The molecule has 0 aromatic carbocycles. The van der Waals surface area contributed by atoms with Crippen LogP contribution in [-0.2, 0) is 0 Å². The van der Waals surface area contributed by atoms with E-state index in [4.69, 9.17) is 10.7 Å². The SMILES string of the molecule is N#Cc1c(C2C[C@H]3CC[C@@H](C2)N3C(=O)c2ncn[nH]2)nc2c(-c3ccc(-c4nccs4)nc3)cnn2c1N. The number of pyridine rings is 1. The Labute approximate surface area is 220 Å². The molecule has 38 heavy (non-hydrogen) atoms. The third kappa shape index (κ3) is 3.45. The van der Waals surface area contributed by atoms with Gasteiger partial charge in [0.25, 0.3) is 5.91 Å². The Morgan fingerprint density at radius 1 is 1.16 bits per heavy atom. The van der Waals surface area contributed by atoms with Gasteiger partial charge < -0.3 is 10.6 Å². The van der Waals surface area contributed by atoms with Crippen molar-refractivity contribution in [2.45, 2.75) is 43.7 Å². The number of hydrogen-bond donors (Lipinski definition) is 2. The van der Waals surface area contributed by atoms with Crippen LogP contribution in [0.15, 0.2) is 42.4 Å². The molecule has 2 saturated heterocycles. The second-order valence-corrected chi connectivity index (χ2v) is 10.4. The van der Waals surface area contributed by atoms with Crippen LogP contribution in [0, 0.1) is 11.3 Å². The van der Waals surface area contributed by atoms with Crippen LogP contribution in [0.5, 0.6) is 0 Å². The number of rotatable bonds is 4. The number of thiazole rings is 1. The normalized spacial score (nSPS) is 20.6. The van der Waals surface area contributed by atoms with Crippen LogP contribution in [0.1, 0.15) is 53.5 Å². The van der Waals surface area contributed by atoms with Crippen molar-refractivity contribution in [1.82, 2.24) is 44.6 Å². The molecule has 1 amide bonds. The number of nitrogen functional groups attached to an aromatic ring is 1. The third-order valence-corrected chi connectivity index (χ3v) is 8.32. The van der Waals surface area contributed by atoms with Crippen LogP contribution in [0.25, 0.3) is 27.5 Å². The van der Waals surface area contributed by atoms with E-state index in [9.17, 15) is 10.1 Å². The van der Waals surface area contributed by atoms with Gasteiger partial charge in [-0.05, 0) is 31.7 Å². The molecule has 13 heteroatoms. The molecule has 0 radical (unpaired) electrons. The van der Waals surface area contributed by atoms with E-state index in [1.807, 2.05) is 22.4 Å². The van der Waals surface area contributed by atoms with Gasteiger partial charge >= 0.3 is 0 Å². The molecule has 7 heterocycles. The number of fused-ring (bicyclic) bond motifs is 3. The van der Waals surface area contributed by atoms with Crippen LogP contribution >= 0.6 is 11.3 Å². The molecule has 2 aliphatic heterocycles. The average molecular weight is 524 g/mol. The van der Waals surface area contributed by atoms with E-state index in [1.54, 1.807) is 18.6 Å². The maximum absolute atomic E-state index is 13.1. The lowest BCUT2D eigenvalue weighted by Crippen LogP contribution is -2.46. The summed E-state index contributed by atoms with van der Waals surface area (Å²) < 4.78 is 1.52. The Hall–Kier alpha value is -4.70. The van der Waals surface area contributed by atoms with E-state index in [0.717, 1.165) is 34.7 Å². The molecule has 3 atom stereocenters. The van der Waals surface area contributed by atoms with E-state index in [1.165, 1.54) is 22.2 Å². The van der Waals surface area contributed by atoms with E-state index in [0.29, 0.717) is 29.7 Å². The fourth-order valence-electron chi connectivity index (χ4n) is 5.84. The predicted octanol–water partition coefficient (Wildman–Crippen LogP) is 3.04. The first-order valence-electron chi connectivity index (χ1n) is 12.2. The quantitative estimate of drug-likeness (QED) is 0.360. The minimum Gasteiger partial charge on any atom is -0.382 e. The highest BCUT2D eigenvalue weighted by molar-refractivity contribution is 7.13. The molecular formula is C25H21N11OS. The number of hydrogen-bond acceptors (Lipinski definition) is 10. The molecule has 3 N–H and O–H groups in total. The third-order valence-electron chi connectivity index (χ3n) is 7.52. The Kier molecular flexibility index (Phi) is 5.15. The van der Waals surface area contributed by atoms with Gasteiger partial charge in [0.1, 0.15) is 28.8 Å². The standard InChI is InChI=1S/C25H21N11OS/c26-9-17-20(14-7-15-2-3-16(8-14)35(15)25(37)22-30-12-31-34-22)33-23-18(11-32-36(23)21(17)27)13-1-4-19(29-10-13)24-28-5-6-38-24/h1,4-6,10-12,14-16H,2-3,7-8,27H2,(H,30,31,34)/t14?,15-,16+. The number of piperidine rings is 1. The monoisotopic (exact) mass is 523 g/mol. The number of nitrogens with two attached hydrogens (primary N) is 1. The Morgan fingerprint density at radius 3 is 2.66 bits per heavy atom. The summed E-state index contributed by atoms with van der Waals surface area (Å²) in [5, 5.41) is 23.7. The number of anilines is 1. The molecule has 188 valence electrons. The lowest BCUT2D eigenvalue weighted by Gasteiger charge is -2.38. The zero-order chi connectivity index (χ0) is 25.8. The first-order chi connectivity index (χ1) is 18.6. The first kappa shape index (κ1) is 22.5. The molecule has 2 fully saturated rings. The second-order valence-electron chi connectivity index (χ2n) is 9.53. The lowest BCUT2D eigenvalue weighted by atomic mass is 9.86. The van der Waals surface area contributed by atoms with Crippen LogP contribution in [0.4, 0.5) is 5.82 Å². The highest BCUT2D eigenvalue weighted by Crippen LogP contribution is 2.44. The van der Waals surface area contributed by atoms with Gasteiger partial charge in [-0.3, -0.25) is 14.9 Å². The molecule has 0 aliphatic carbocycles. The number of nitrogens with zero attached hydrogens (tertiary/aromatic N) is 9. The van der Waals surface area contributed by atoms with Crippen molar-refractivity contribution in [2.75, 3.05) is 5.73 Å². The maximum atomic E-state index is 13.1. The minimum atomic E-state index is -0.136. The number of carbonyl (C=O) groups excluding carboxylic acids is 1. The van der Waals surface area contributed by atoms with Gasteiger partial charge in [0, 0.05) is 46.9 Å². The topological polar surface area (TPSA) is 168 Å². The van der Waals surface area contributed by atoms with E-state index >= 15 is 0 Å². The summed E-state index contributed by atoms with van der Waals surface area (Å²) in [6.07, 6.45) is 9.76. The number of nitriles is 1. The summed E-state index contributed by atoms with van der Waals surface area (Å²) >= 11 is 1.53. The van der Waals surface area contributed by atoms with E-state index < -0.39 is 0 Å². The Morgan fingerprint density at radius 2 is 2.00 bits per heavy atom. The number of aromatic nitrogens is 8. The smallest absolute Gasteiger partial charge is 0.291 e. The number of aromatic amines is 1. The summed E-state index contributed by atoms with van der Waals surface area (Å²) in [6, 6.07) is 6.22. The van der Waals surface area contributed by atoms with Gasteiger partial charge in [-0.2, -0.15) is 20.0 Å². The van der Waals surface area contributed by atoms with Crippen molar-refractivity contribution in [2.24, 2.45) is 0 Å². The molecule has 2 bridgehead atoms. The van der Waals surface area contributed by atoms with Crippen molar-refractivity contribution in [3.8, 4) is 27.9 Å². The zero-order valence-electron chi connectivity index (χ0n) is 20.0. The fourth-order valence-corrected chi connectivity index (χ4v) is 6.45. The zero-order valence-corrected chi connectivity index (χ0v) is 20.8. The van der Waals surface area contributed by atoms with Gasteiger partial charge in [0.15, 0.2) is 5.65 Å². The van der Waals surface area contributed by atoms with Crippen LogP contribution in [0.3, 0.4) is 0 Å². The lowest BCUT2D eigenvalue weighted by molar-refractivity contribution is 0.0557. The molecule has 12 nitrogen and oxygen atoms in total. The number of nitrogens with one attached hydrogen (secondary N) is 1. The fraction of sp³-hybridized carbons (Fsp3) is 0.280. The highest BCUT2D eigenvalue weighted by atomic mass is 32.1. The van der Waals surface area contributed by atoms with Crippen LogP contribution in [-0.4, -0.2) is 62.6 Å². The molecule has 2 aliphatic rings. The van der Waals surface area contributed by atoms with Crippen LogP contribution < -0.4 is 5.73 Å². The molecule has 5 aromatic rings. The molecule has 0 spiro atoms. The van der Waals surface area contributed by atoms with Gasteiger partial charge in [0.05, 0.1) is 17.6 Å². The molecular weight excluding hydrogens is 502 g/mol. The average Bonchev–Trinajstić information content (AvgIpc) is 3.75. The molecule has 1 unspecified atom stereocenters. The number of H-pyrrole nitrogens is 1. The van der Waals surface area contributed by atoms with Crippen molar-refractivity contribution < 1.29 is 4.79 Å². The van der Waals surface area contributed by atoms with Crippen molar-refractivity contribution >= 4 is 28.7 Å². The van der Waals surface area contributed by atoms with E-state index in [2.05, 4.69) is 36.3 Å². The summed E-state index contributed by atoms with van der Waals surface area (Å²) in [5.41, 5.74) is 10.5. The summed E-state index contributed by atoms with van der Waals surface area (Å²) in [7, 11) is 0. The number of amides is 1. The Balaban J connectivity index is 1.25. The van der Waals surface area contributed by atoms with Crippen molar-refractivity contribution in [3.63, 3.8) is 0 Å². The van der Waals surface area contributed by atoms with Gasteiger partial charge in [-0.1, -0.05) is 6.07 Å². The molecule has 0 saturated carbocycles. The van der Waals surface area contributed by atoms with Gasteiger partial charge in [-0.25, -0.2) is 15.0 Å². The van der Waals surface area contributed by atoms with Gasteiger partial charge in [-0.15, -0.1) is 11.3 Å². The molecule has 5 aromatic heterocycles. The molecule has 7 rings (SSSR count). The van der Waals surface area contributed by atoms with Crippen molar-refractivity contribution in [3.05, 3.63) is 59.5 Å². The predicted molar refractivity (Wildman–Crippen MR) is 138 cm³/mol. The summed E-state index contributed by atoms with van der Waals surface area (Å²) in [4.78, 5) is 32.9. The highest BCUT2D eigenvalue weighted by Gasteiger charge is 2.45. The van der Waals surface area contributed by atoms with Gasteiger partial charge in [0.2, 0.25) is 5.82 Å². The maximum Gasteiger partial charge on any atom is 0.291 e. The Bertz CT molecular complexity index is 1670.